The number of methoxy groups -OCH3 is 1. The number of piperazine rings is 1. The van der Waals surface area contributed by atoms with E-state index >= 15 is 0 Å². The number of rotatable bonds is 5. The summed E-state index contributed by atoms with van der Waals surface area (Å²) in [5, 5.41) is 19.2. The number of halogens is 1. The van der Waals surface area contributed by atoms with Crippen LogP contribution in [0, 0.1) is 0 Å². The van der Waals surface area contributed by atoms with E-state index in [0.717, 1.165) is 5.82 Å². The fraction of sp³-hybridized carbons (Fsp3) is 0.350. The Morgan fingerprint density at radius 2 is 1.97 bits per heavy atom. The van der Waals surface area contributed by atoms with Gasteiger partial charge in [-0.3, -0.25) is 9.20 Å². The SMILES string of the molecule is COc1cc(CO)c(-c2cn3ccc(N4CCN(C(=O)CO)CC4)nc3n2)cc1Cl. The van der Waals surface area contributed by atoms with Gasteiger partial charge in [-0.05, 0) is 23.8 Å². The van der Waals surface area contributed by atoms with Gasteiger partial charge in [-0.2, -0.15) is 4.98 Å². The van der Waals surface area contributed by atoms with Crippen molar-refractivity contribution in [3.05, 3.63) is 41.2 Å². The van der Waals surface area contributed by atoms with Crippen LogP contribution in [-0.2, 0) is 11.4 Å². The number of imidazole rings is 1. The largest absolute Gasteiger partial charge is 0.495 e. The molecular formula is C20H22ClN5O4. The van der Waals surface area contributed by atoms with Crippen molar-refractivity contribution < 1.29 is 19.7 Å². The van der Waals surface area contributed by atoms with Crippen LogP contribution in [0.2, 0.25) is 5.02 Å². The molecule has 30 heavy (non-hydrogen) atoms. The molecule has 1 fully saturated rings. The standard InChI is InChI=1S/C20H22ClN5O4/c1-30-17-8-13(11-27)14(9-15(17)21)16-10-26-3-2-18(23-20(26)22-16)24-4-6-25(7-5-24)19(29)12-28/h2-3,8-10,27-28H,4-7,11-12H2,1H3. The fourth-order valence-electron chi connectivity index (χ4n) is 3.57. The summed E-state index contributed by atoms with van der Waals surface area (Å²) in [7, 11) is 1.53. The Balaban J connectivity index is 1.61. The van der Waals surface area contributed by atoms with E-state index in [4.69, 9.17) is 21.4 Å². The minimum atomic E-state index is -0.466. The summed E-state index contributed by atoms with van der Waals surface area (Å²) in [6.07, 6.45) is 3.71. The molecule has 0 bridgehead atoms. The summed E-state index contributed by atoms with van der Waals surface area (Å²) in [5.74, 6) is 1.53. The fourth-order valence-corrected chi connectivity index (χ4v) is 3.82. The van der Waals surface area contributed by atoms with Gasteiger partial charge in [0.15, 0.2) is 0 Å². The number of hydrogen-bond acceptors (Lipinski definition) is 7. The highest BCUT2D eigenvalue weighted by atomic mass is 35.5. The molecule has 3 aromatic rings. The molecule has 10 heteroatoms. The van der Waals surface area contributed by atoms with Gasteiger partial charge in [0.25, 0.3) is 0 Å². The number of fused-ring (bicyclic) bond motifs is 1. The Morgan fingerprint density at radius 1 is 1.20 bits per heavy atom. The molecule has 1 aliphatic rings. The second-order valence-corrected chi connectivity index (χ2v) is 7.35. The molecule has 9 nitrogen and oxygen atoms in total. The van der Waals surface area contributed by atoms with E-state index in [1.165, 1.54) is 7.11 Å². The molecule has 2 N–H and O–H groups in total. The van der Waals surface area contributed by atoms with Crippen LogP contribution in [0.1, 0.15) is 5.56 Å². The third-order valence-electron chi connectivity index (χ3n) is 5.23. The number of aromatic nitrogens is 3. The third kappa shape index (κ3) is 3.79. The summed E-state index contributed by atoms with van der Waals surface area (Å²) in [6.45, 7) is 1.70. The zero-order chi connectivity index (χ0) is 21.3. The van der Waals surface area contributed by atoms with Gasteiger partial charge >= 0.3 is 0 Å². The van der Waals surface area contributed by atoms with Crippen molar-refractivity contribution in [2.24, 2.45) is 0 Å². The lowest BCUT2D eigenvalue weighted by atomic mass is 10.1. The van der Waals surface area contributed by atoms with Crippen LogP contribution in [0.5, 0.6) is 5.75 Å². The number of hydrogen-bond donors (Lipinski definition) is 2. The van der Waals surface area contributed by atoms with E-state index in [9.17, 15) is 9.90 Å². The number of aliphatic hydroxyl groups excluding tert-OH is 2. The summed E-state index contributed by atoms with van der Waals surface area (Å²) in [6, 6.07) is 5.33. The highest BCUT2D eigenvalue weighted by Crippen LogP contribution is 2.33. The van der Waals surface area contributed by atoms with Gasteiger partial charge in [0.05, 0.1) is 24.4 Å². The molecule has 2 aromatic heterocycles. The lowest BCUT2D eigenvalue weighted by molar-refractivity contribution is -0.134. The minimum absolute atomic E-state index is 0.174. The van der Waals surface area contributed by atoms with Gasteiger partial charge in [0.2, 0.25) is 11.7 Å². The molecule has 0 radical (unpaired) electrons. The van der Waals surface area contributed by atoms with Gasteiger partial charge in [0, 0.05) is 44.1 Å². The monoisotopic (exact) mass is 431 g/mol. The summed E-state index contributed by atoms with van der Waals surface area (Å²) < 4.78 is 7.03. The lowest BCUT2D eigenvalue weighted by Gasteiger charge is -2.35. The van der Waals surface area contributed by atoms with Crippen molar-refractivity contribution in [3.63, 3.8) is 0 Å². The Labute approximate surface area is 178 Å². The molecule has 1 aromatic carbocycles. The average Bonchev–Trinajstić information content (AvgIpc) is 3.21. The molecule has 0 spiro atoms. The first-order valence-electron chi connectivity index (χ1n) is 9.51. The topological polar surface area (TPSA) is 103 Å². The van der Waals surface area contributed by atoms with Crippen LogP contribution >= 0.6 is 11.6 Å². The summed E-state index contributed by atoms with van der Waals surface area (Å²) >= 11 is 6.27. The van der Waals surface area contributed by atoms with E-state index in [1.807, 2.05) is 22.9 Å². The van der Waals surface area contributed by atoms with Crippen molar-refractivity contribution in [1.82, 2.24) is 19.3 Å². The quantitative estimate of drug-likeness (QED) is 0.625. The number of carbonyl (C=O) groups is 1. The summed E-state index contributed by atoms with van der Waals surface area (Å²) in [4.78, 5) is 24.6. The van der Waals surface area contributed by atoms with Crippen molar-refractivity contribution in [2.45, 2.75) is 6.61 Å². The average molecular weight is 432 g/mol. The first kappa shape index (κ1) is 20.4. The Bertz CT molecular complexity index is 1080. The number of amides is 1. The Hall–Kier alpha value is -2.88. The van der Waals surface area contributed by atoms with E-state index in [-0.39, 0.29) is 12.5 Å². The first-order chi connectivity index (χ1) is 14.5. The number of aliphatic hydroxyl groups is 2. The van der Waals surface area contributed by atoms with Crippen molar-refractivity contribution in [2.75, 3.05) is 44.8 Å². The van der Waals surface area contributed by atoms with Gasteiger partial charge < -0.3 is 24.7 Å². The molecule has 4 rings (SSSR count). The molecule has 0 aliphatic carbocycles. The third-order valence-corrected chi connectivity index (χ3v) is 5.52. The molecule has 0 unspecified atom stereocenters. The van der Waals surface area contributed by atoms with E-state index in [2.05, 4.69) is 14.9 Å². The number of nitrogens with zero attached hydrogens (tertiary/aromatic N) is 5. The van der Waals surface area contributed by atoms with Crippen LogP contribution in [-0.4, -0.2) is 75.3 Å². The van der Waals surface area contributed by atoms with Crippen molar-refractivity contribution in [3.8, 4) is 17.0 Å². The molecular weight excluding hydrogens is 410 g/mol. The van der Waals surface area contributed by atoms with E-state index < -0.39 is 6.61 Å². The van der Waals surface area contributed by atoms with Crippen molar-refractivity contribution in [1.29, 1.82) is 0 Å². The van der Waals surface area contributed by atoms with E-state index in [1.54, 1.807) is 17.0 Å². The van der Waals surface area contributed by atoms with Gasteiger partial charge in [0.1, 0.15) is 18.2 Å². The molecule has 3 heterocycles. The minimum Gasteiger partial charge on any atom is -0.495 e. The first-order valence-corrected chi connectivity index (χ1v) is 9.88. The number of benzene rings is 1. The molecule has 158 valence electrons. The van der Waals surface area contributed by atoms with E-state index in [0.29, 0.717) is 59.5 Å². The molecule has 1 amide bonds. The molecule has 1 aliphatic heterocycles. The molecule has 0 atom stereocenters. The zero-order valence-electron chi connectivity index (χ0n) is 16.5. The van der Waals surface area contributed by atoms with Gasteiger partial charge in [-0.1, -0.05) is 11.6 Å². The molecule has 1 saturated heterocycles. The van der Waals surface area contributed by atoms with Crippen LogP contribution in [0.15, 0.2) is 30.6 Å². The van der Waals surface area contributed by atoms with Gasteiger partial charge in [-0.15, -0.1) is 0 Å². The van der Waals surface area contributed by atoms with Gasteiger partial charge in [-0.25, -0.2) is 4.98 Å². The number of anilines is 1. The number of ether oxygens (including phenoxy) is 1. The maximum atomic E-state index is 11.6. The van der Waals surface area contributed by atoms with Crippen LogP contribution in [0.4, 0.5) is 5.82 Å². The Kier molecular flexibility index (Phi) is 5.76. The maximum absolute atomic E-state index is 11.6. The Morgan fingerprint density at radius 3 is 2.63 bits per heavy atom. The number of carbonyl (C=O) groups excluding carboxylic acids is 1. The second kappa shape index (κ2) is 8.47. The highest BCUT2D eigenvalue weighted by molar-refractivity contribution is 6.32. The molecule has 0 saturated carbocycles. The maximum Gasteiger partial charge on any atom is 0.248 e. The smallest absolute Gasteiger partial charge is 0.248 e. The van der Waals surface area contributed by atoms with Crippen molar-refractivity contribution >= 4 is 29.1 Å². The zero-order valence-corrected chi connectivity index (χ0v) is 17.2. The second-order valence-electron chi connectivity index (χ2n) is 6.95. The predicted octanol–water partition coefficient (Wildman–Crippen LogP) is 1.19. The van der Waals surface area contributed by atoms with Crippen LogP contribution in [0.3, 0.4) is 0 Å². The normalized spacial score (nSPS) is 14.4. The lowest BCUT2D eigenvalue weighted by Crippen LogP contribution is -2.49. The van der Waals surface area contributed by atoms with Crippen LogP contribution < -0.4 is 9.64 Å². The predicted molar refractivity (Wildman–Crippen MR) is 112 cm³/mol. The van der Waals surface area contributed by atoms with Crippen LogP contribution in [0.25, 0.3) is 17.0 Å². The highest BCUT2D eigenvalue weighted by Gasteiger charge is 2.22. The summed E-state index contributed by atoms with van der Waals surface area (Å²) in [5.41, 5.74) is 2.02.